The van der Waals surface area contributed by atoms with E-state index in [9.17, 15) is 9.90 Å². The van der Waals surface area contributed by atoms with Crippen LogP contribution in [0.1, 0.15) is 24.3 Å². The Morgan fingerprint density at radius 1 is 1.64 bits per heavy atom. The van der Waals surface area contributed by atoms with Gasteiger partial charge in [0.15, 0.2) is 0 Å². The van der Waals surface area contributed by atoms with E-state index in [-0.39, 0.29) is 18.1 Å². The lowest BCUT2D eigenvalue weighted by Crippen LogP contribution is -2.38. The zero-order chi connectivity index (χ0) is 10.8. The van der Waals surface area contributed by atoms with Crippen LogP contribution in [-0.2, 0) is 0 Å². The van der Waals surface area contributed by atoms with Gasteiger partial charge in [0.25, 0.3) is 5.91 Å². The summed E-state index contributed by atoms with van der Waals surface area (Å²) in [5.74, 6) is -0.593. The molecular weight excluding hydrogens is 188 g/mol. The molecule has 0 saturated heterocycles. The van der Waals surface area contributed by atoms with Gasteiger partial charge in [0.2, 0.25) is 11.5 Å². The minimum absolute atomic E-state index is 0.0711. The van der Waals surface area contributed by atoms with E-state index in [0.717, 1.165) is 0 Å². The second-order valence-electron chi connectivity index (χ2n) is 3.49. The molecule has 0 aliphatic carbocycles. The number of nitrogens with two attached hydrogens (primary N) is 1. The van der Waals surface area contributed by atoms with Crippen molar-refractivity contribution in [1.29, 1.82) is 0 Å². The van der Waals surface area contributed by atoms with Crippen LogP contribution in [0.4, 0.5) is 5.82 Å². The molecule has 0 aliphatic heterocycles. The maximum Gasteiger partial charge on any atom is 0.277 e. The van der Waals surface area contributed by atoms with Crippen molar-refractivity contribution in [3.05, 3.63) is 5.69 Å². The van der Waals surface area contributed by atoms with Crippen LogP contribution in [0, 0.1) is 0 Å². The molecule has 0 radical (unpaired) electrons. The number of anilines is 1. The van der Waals surface area contributed by atoms with Crippen molar-refractivity contribution < 1.29 is 14.5 Å². The first kappa shape index (κ1) is 10.5. The predicted octanol–water partition coefficient (Wildman–Crippen LogP) is -0.848. The molecule has 0 bridgehead atoms. The van der Waals surface area contributed by atoms with E-state index < -0.39 is 11.5 Å². The van der Waals surface area contributed by atoms with Gasteiger partial charge in [-0.2, -0.15) is 0 Å². The number of hydrogen-bond donors (Lipinski definition) is 3. The summed E-state index contributed by atoms with van der Waals surface area (Å²) in [6.45, 7) is 3.23. The SMILES string of the molecule is CC(C)(O)CNC(=O)c1nonc1N. The number of nitrogen functional groups attached to an aromatic ring is 1. The van der Waals surface area contributed by atoms with E-state index in [0.29, 0.717) is 0 Å². The number of nitrogens with one attached hydrogen (secondary N) is 1. The van der Waals surface area contributed by atoms with Crippen LogP contribution in [0.15, 0.2) is 4.63 Å². The Kier molecular flexibility index (Phi) is 2.70. The fraction of sp³-hybridized carbons (Fsp3) is 0.571. The van der Waals surface area contributed by atoms with Crippen molar-refractivity contribution in [3.8, 4) is 0 Å². The molecule has 7 heteroatoms. The summed E-state index contributed by atoms with van der Waals surface area (Å²) < 4.78 is 4.25. The number of hydrogen-bond acceptors (Lipinski definition) is 6. The van der Waals surface area contributed by atoms with E-state index in [4.69, 9.17) is 5.73 Å². The fourth-order valence-electron chi connectivity index (χ4n) is 0.733. The smallest absolute Gasteiger partial charge is 0.277 e. The van der Waals surface area contributed by atoms with Crippen LogP contribution < -0.4 is 11.1 Å². The van der Waals surface area contributed by atoms with Gasteiger partial charge >= 0.3 is 0 Å². The summed E-state index contributed by atoms with van der Waals surface area (Å²) in [5, 5.41) is 18.3. The van der Waals surface area contributed by atoms with E-state index >= 15 is 0 Å². The summed E-state index contributed by atoms with van der Waals surface area (Å²) in [6, 6.07) is 0. The Labute approximate surface area is 80.2 Å². The molecule has 0 spiro atoms. The monoisotopic (exact) mass is 200 g/mol. The number of carbonyl (C=O) groups excluding carboxylic acids is 1. The van der Waals surface area contributed by atoms with Gasteiger partial charge in [-0.25, -0.2) is 4.63 Å². The highest BCUT2D eigenvalue weighted by atomic mass is 16.6. The zero-order valence-electron chi connectivity index (χ0n) is 7.94. The number of aromatic nitrogens is 2. The summed E-state index contributed by atoms with van der Waals surface area (Å²) in [4.78, 5) is 11.3. The molecule has 1 amide bonds. The second kappa shape index (κ2) is 3.62. The normalized spacial score (nSPS) is 11.4. The highest BCUT2D eigenvalue weighted by molar-refractivity contribution is 5.95. The van der Waals surface area contributed by atoms with Crippen LogP contribution in [0.5, 0.6) is 0 Å². The molecule has 0 atom stereocenters. The molecule has 1 aromatic rings. The zero-order valence-corrected chi connectivity index (χ0v) is 7.94. The molecular formula is C7H12N4O3. The van der Waals surface area contributed by atoms with Crippen LogP contribution >= 0.6 is 0 Å². The third-order valence-electron chi connectivity index (χ3n) is 1.41. The largest absolute Gasteiger partial charge is 0.389 e. The highest BCUT2D eigenvalue weighted by Crippen LogP contribution is 2.04. The summed E-state index contributed by atoms with van der Waals surface area (Å²) in [6.07, 6.45) is 0. The molecule has 0 aromatic carbocycles. The predicted molar refractivity (Wildman–Crippen MR) is 47.3 cm³/mol. The number of rotatable bonds is 3. The lowest BCUT2D eigenvalue weighted by Gasteiger charge is -2.16. The van der Waals surface area contributed by atoms with Crippen molar-refractivity contribution in [2.24, 2.45) is 0 Å². The summed E-state index contributed by atoms with van der Waals surface area (Å²) in [7, 11) is 0. The van der Waals surface area contributed by atoms with Crippen molar-refractivity contribution in [2.45, 2.75) is 19.4 Å². The third kappa shape index (κ3) is 2.70. The Balaban J connectivity index is 2.56. The van der Waals surface area contributed by atoms with E-state index in [1.165, 1.54) is 0 Å². The van der Waals surface area contributed by atoms with Crippen LogP contribution in [-0.4, -0.2) is 33.5 Å². The van der Waals surface area contributed by atoms with Crippen molar-refractivity contribution in [2.75, 3.05) is 12.3 Å². The minimum Gasteiger partial charge on any atom is -0.389 e. The van der Waals surface area contributed by atoms with Gasteiger partial charge in [-0.3, -0.25) is 4.79 Å². The maximum absolute atomic E-state index is 11.3. The molecule has 14 heavy (non-hydrogen) atoms. The topological polar surface area (TPSA) is 114 Å². The van der Waals surface area contributed by atoms with Crippen LogP contribution in [0.3, 0.4) is 0 Å². The molecule has 78 valence electrons. The quantitative estimate of drug-likeness (QED) is 0.585. The first-order valence-electron chi connectivity index (χ1n) is 3.99. The Bertz CT molecular complexity index is 328. The standard InChI is InChI=1S/C7H12N4O3/c1-7(2,13)3-9-6(12)4-5(8)11-14-10-4/h13H,3H2,1-2H3,(H2,8,11)(H,9,12). The molecule has 1 heterocycles. The molecule has 1 aromatic heterocycles. The average Bonchev–Trinajstić information content (AvgIpc) is 2.46. The van der Waals surface area contributed by atoms with Crippen molar-refractivity contribution in [3.63, 3.8) is 0 Å². The maximum atomic E-state index is 11.3. The third-order valence-corrected chi connectivity index (χ3v) is 1.41. The number of nitrogens with zero attached hydrogens (tertiary/aromatic N) is 2. The Hall–Kier alpha value is -1.63. The average molecular weight is 200 g/mol. The van der Waals surface area contributed by atoms with Gasteiger partial charge in [-0.05, 0) is 24.2 Å². The van der Waals surface area contributed by atoms with Gasteiger partial charge in [-0.1, -0.05) is 0 Å². The second-order valence-corrected chi connectivity index (χ2v) is 3.49. The van der Waals surface area contributed by atoms with Crippen LogP contribution in [0.25, 0.3) is 0 Å². The fourth-order valence-corrected chi connectivity index (χ4v) is 0.733. The summed E-state index contributed by atoms with van der Waals surface area (Å²) in [5.41, 5.74) is 4.23. The molecule has 0 aliphatic rings. The molecule has 1 rings (SSSR count). The minimum atomic E-state index is -0.985. The molecule has 4 N–H and O–H groups in total. The number of carbonyl (C=O) groups is 1. The first-order valence-corrected chi connectivity index (χ1v) is 3.99. The molecule has 0 unspecified atom stereocenters. The van der Waals surface area contributed by atoms with E-state index in [1.54, 1.807) is 13.8 Å². The van der Waals surface area contributed by atoms with E-state index in [1.807, 2.05) is 0 Å². The molecule has 0 fully saturated rings. The van der Waals surface area contributed by atoms with Gasteiger partial charge in [0.1, 0.15) is 0 Å². The summed E-state index contributed by atoms with van der Waals surface area (Å²) >= 11 is 0. The van der Waals surface area contributed by atoms with Crippen molar-refractivity contribution >= 4 is 11.7 Å². The Morgan fingerprint density at radius 2 is 2.29 bits per heavy atom. The first-order chi connectivity index (χ1) is 6.40. The van der Waals surface area contributed by atoms with Gasteiger partial charge in [0, 0.05) is 6.54 Å². The molecule has 7 nitrogen and oxygen atoms in total. The van der Waals surface area contributed by atoms with Crippen LogP contribution in [0.2, 0.25) is 0 Å². The van der Waals surface area contributed by atoms with Gasteiger partial charge < -0.3 is 16.2 Å². The van der Waals surface area contributed by atoms with E-state index in [2.05, 4.69) is 20.3 Å². The lowest BCUT2D eigenvalue weighted by atomic mass is 10.1. The molecule has 0 saturated carbocycles. The number of aliphatic hydroxyl groups is 1. The van der Waals surface area contributed by atoms with Gasteiger partial charge in [0.05, 0.1) is 5.60 Å². The highest BCUT2D eigenvalue weighted by Gasteiger charge is 2.19. The Morgan fingerprint density at radius 3 is 2.71 bits per heavy atom. The van der Waals surface area contributed by atoms with Crippen molar-refractivity contribution in [1.82, 2.24) is 15.6 Å². The number of amides is 1. The lowest BCUT2D eigenvalue weighted by molar-refractivity contribution is 0.0690. The van der Waals surface area contributed by atoms with Gasteiger partial charge in [-0.15, -0.1) is 0 Å².